The molecule has 2 aliphatic rings. The molecule has 3 heteroatoms. The second-order valence-electron chi connectivity index (χ2n) is 5.89. The molecule has 0 aromatic heterocycles. The van der Waals surface area contributed by atoms with Gasteiger partial charge in [-0.1, -0.05) is 18.6 Å². The van der Waals surface area contributed by atoms with E-state index in [-0.39, 0.29) is 0 Å². The number of nitrogen functional groups attached to an aromatic ring is 1. The fraction of sp³-hybridized carbons (Fsp3) is 0.562. The van der Waals surface area contributed by atoms with Gasteiger partial charge in [0.2, 0.25) is 5.91 Å². The molecule has 1 aromatic carbocycles. The zero-order chi connectivity index (χ0) is 13.2. The Morgan fingerprint density at radius 1 is 1.05 bits per heavy atom. The maximum atomic E-state index is 12.2. The molecule has 1 aliphatic heterocycles. The van der Waals surface area contributed by atoms with Gasteiger partial charge in [0.1, 0.15) is 0 Å². The number of carbonyl (C=O) groups excluding carboxylic acids is 1. The molecule has 1 saturated heterocycles. The Labute approximate surface area is 114 Å². The van der Waals surface area contributed by atoms with Crippen LogP contribution in [0.1, 0.15) is 43.6 Å². The summed E-state index contributed by atoms with van der Waals surface area (Å²) in [4.78, 5) is 14.3. The van der Waals surface area contributed by atoms with Crippen molar-refractivity contribution in [1.82, 2.24) is 4.90 Å². The zero-order valence-corrected chi connectivity index (χ0v) is 11.3. The van der Waals surface area contributed by atoms with Gasteiger partial charge in [-0.15, -0.1) is 0 Å². The fourth-order valence-corrected chi connectivity index (χ4v) is 3.11. The van der Waals surface area contributed by atoms with Crippen molar-refractivity contribution < 1.29 is 4.79 Å². The van der Waals surface area contributed by atoms with Gasteiger partial charge in [0.25, 0.3) is 0 Å². The van der Waals surface area contributed by atoms with Crippen LogP contribution in [0.2, 0.25) is 0 Å². The number of likely N-dealkylation sites (tertiary alicyclic amines) is 1. The lowest BCUT2D eigenvalue weighted by atomic mass is 9.83. The highest BCUT2D eigenvalue weighted by Gasteiger charge is 2.31. The van der Waals surface area contributed by atoms with Crippen molar-refractivity contribution in [3.8, 4) is 0 Å². The number of benzene rings is 1. The van der Waals surface area contributed by atoms with Gasteiger partial charge in [-0.25, -0.2) is 0 Å². The smallest absolute Gasteiger partial charge is 0.225 e. The summed E-state index contributed by atoms with van der Waals surface area (Å²) in [5.74, 6) is 1.33. The predicted molar refractivity (Wildman–Crippen MR) is 76.8 cm³/mol. The van der Waals surface area contributed by atoms with Crippen LogP contribution in [0.25, 0.3) is 0 Å². The largest absolute Gasteiger partial charge is 0.399 e. The van der Waals surface area contributed by atoms with Crippen molar-refractivity contribution >= 4 is 11.6 Å². The van der Waals surface area contributed by atoms with E-state index < -0.39 is 0 Å². The number of amides is 1. The Morgan fingerprint density at radius 3 is 2.21 bits per heavy atom. The van der Waals surface area contributed by atoms with Crippen LogP contribution < -0.4 is 5.73 Å². The summed E-state index contributed by atoms with van der Waals surface area (Å²) in [5, 5.41) is 0. The molecule has 3 rings (SSSR count). The van der Waals surface area contributed by atoms with Gasteiger partial charge < -0.3 is 10.6 Å². The average molecular weight is 258 g/mol. The number of nitrogens with zero attached hydrogens (tertiary/aromatic N) is 1. The minimum atomic E-state index is 0.341. The number of anilines is 1. The lowest BCUT2D eigenvalue weighted by molar-refractivity contribution is -0.139. The summed E-state index contributed by atoms with van der Waals surface area (Å²) in [5.41, 5.74) is 7.91. The zero-order valence-electron chi connectivity index (χ0n) is 11.3. The monoisotopic (exact) mass is 258 g/mol. The Morgan fingerprint density at radius 2 is 1.68 bits per heavy atom. The van der Waals surface area contributed by atoms with Gasteiger partial charge >= 0.3 is 0 Å². The highest BCUT2D eigenvalue weighted by molar-refractivity contribution is 5.79. The highest BCUT2D eigenvalue weighted by Crippen LogP contribution is 2.32. The van der Waals surface area contributed by atoms with Crippen LogP contribution in [0.4, 0.5) is 5.69 Å². The van der Waals surface area contributed by atoms with Crippen molar-refractivity contribution in [2.75, 3.05) is 18.8 Å². The Hall–Kier alpha value is -1.51. The maximum absolute atomic E-state index is 12.2. The standard InChI is InChI=1S/C16H22N2O/c17-15-6-4-12(5-7-15)13-8-10-18(11-9-13)16(19)14-2-1-3-14/h4-7,13-14H,1-3,8-11,17H2. The third-order valence-electron chi connectivity index (χ3n) is 4.67. The SMILES string of the molecule is Nc1ccc(C2CCN(C(=O)C3CCC3)CC2)cc1. The quantitative estimate of drug-likeness (QED) is 0.829. The second-order valence-corrected chi connectivity index (χ2v) is 5.89. The van der Waals surface area contributed by atoms with E-state index in [1.54, 1.807) is 0 Å². The van der Waals surface area contributed by atoms with E-state index in [1.807, 2.05) is 12.1 Å². The number of carbonyl (C=O) groups is 1. The third-order valence-corrected chi connectivity index (χ3v) is 4.67. The molecule has 19 heavy (non-hydrogen) atoms. The Bertz CT molecular complexity index is 442. The van der Waals surface area contributed by atoms with Gasteiger partial charge in [-0.05, 0) is 49.3 Å². The number of piperidine rings is 1. The van der Waals surface area contributed by atoms with E-state index in [2.05, 4.69) is 17.0 Å². The molecule has 2 N–H and O–H groups in total. The Kier molecular flexibility index (Phi) is 3.45. The van der Waals surface area contributed by atoms with Crippen LogP contribution in [0.15, 0.2) is 24.3 Å². The summed E-state index contributed by atoms with van der Waals surface area (Å²) in [6.07, 6.45) is 5.62. The molecule has 1 saturated carbocycles. The first kappa shape index (κ1) is 12.5. The molecule has 0 unspecified atom stereocenters. The molecule has 102 valence electrons. The van der Waals surface area contributed by atoms with Crippen LogP contribution in [-0.2, 0) is 4.79 Å². The average Bonchev–Trinajstić information content (AvgIpc) is 2.38. The van der Waals surface area contributed by atoms with Crippen LogP contribution in [-0.4, -0.2) is 23.9 Å². The van der Waals surface area contributed by atoms with E-state index in [4.69, 9.17) is 5.73 Å². The van der Waals surface area contributed by atoms with Crippen LogP contribution in [0.3, 0.4) is 0 Å². The molecule has 2 fully saturated rings. The van der Waals surface area contributed by atoms with Gasteiger partial charge in [-0.3, -0.25) is 4.79 Å². The Balaban J connectivity index is 1.56. The lowest BCUT2D eigenvalue weighted by Gasteiger charge is -2.36. The number of hydrogen-bond acceptors (Lipinski definition) is 2. The summed E-state index contributed by atoms with van der Waals surface area (Å²) in [7, 11) is 0. The van der Waals surface area contributed by atoms with Crippen molar-refractivity contribution in [2.45, 2.75) is 38.0 Å². The molecule has 0 atom stereocenters. The van der Waals surface area contributed by atoms with Gasteiger partial charge in [0, 0.05) is 24.7 Å². The minimum absolute atomic E-state index is 0.341. The molecule has 1 aliphatic carbocycles. The highest BCUT2D eigenvalue weighted by atomic mass is 16.2. The van der Waals surface area contributed by atoms with Crippen LogP contribution >= 0.6 is 0 Å². The van der Waals surface area contributed by atoms with Crippen molar-refractivity contribution in [3.05, 3.63) is 29.8 Å². The van der Waals surface area contributed by atoms with E-state index in [0.717, 1.165) is 44.5 Å². The number of rotatable bonds is 2. The predicted octanol–water partition coefficient (Wildman–Crippen LogP) is 2.77. The third kappa shape index (κ3) is 2.60. The topological polar surface area (TPSA) is 46.3 Å². The second kappa shape index (κ2) is 5.24. The van der Waals surface area contributed by atoms with E-state index in [0.29, 0.717) is 17.7 Å². The molecule has 1 amide bonds. The van der Waals surface area contributed by atoms with Crippen LogP contribution in [0.5, 0.6) is 0 Å². The number of nitrogens with two attached hydrogens (primary N) is 1. The lowest BCUT2D eigenvalue weighted by Crippen LogP contribution is -2.43. The fourth-order valence-electron chi connectivity index (χ4n) is 3.11. The molecule has 1 heterocycles. The summed E-state index contributed by atoms with van der Waals surface area (Å²) in [6.45, 7) is 1.84. The summed E-state index contributed by atoms with van der Waals surface area (Å²) >= 11 is 0. The summed E-state index contributed by atoms with van der Waals surface area (Å²) in [6, 6.07) is 8.20. The molecule has 0 bridgehead atoms. The van der Waals surface area contributed by atoms with Crippen molar-refractivity contribution in [3.63, 3.8) is 0 Å². The maximum Gasteiger partial charge on any atom is 0.225 e. The normalized spacial score (nSPS) is 21.2. The minimum Gasteiger partial charge on any atom is -0.399 e. The number of hydrogen-bond donors (Lipinski definition) is 1. The van der Waals surface area contributed by atoms with Gasteiger partial charge in [-0.2, -0.15) is 0 Å². The van der Waals surface area contributed by atoms with E-state index in [9.17, 15) is 4.79 Å². The first-order valence-electron chi connectivity index (χ1n) is 7.38. The molecule has 3 nitrogen and oxygen atoms in total. The molecular weight excluding hydrogens is 236 g/mol. The van der Waals surface area contributed by atoms with E-state index >= 15 is 0 Å². The first-order chi connectivity index (χ1) is 9.24. The molecule has 1 aromatic rings. The van der Waals surface area contributed by atoms with Crippen molar-refractivity contribution in [2.24, 2.45) is 5.92 Å². The molecular formula is C16H22N2O. The van der Waals surface area contributed by atoms with E-state index in [1.165, 1.54) is 12.0 Å². The van der Waals surface area contributed by atoms with Gasteiger partial charge in [0.15, 0.2) is 0 Å². The van der Waals surface area contributed by atoms with Crippen LogP contribution in [0, 0.1) is 5.92 Å². The first-order valence-corrected chi connectivity index (χ1v) is 7.38. The summed E-state index contributed by atoms with van der Waals surface area (Å²) < 4.78 is 0. The molecule has 0 spiro atoms. The molecule has 0 radical (unpaired) electrons. The van der Waals surface area contributed by atoms with Gasteiger partial charge in [0.05, 0.1) is 0 Å². The van der Waals surface area contributed by atoms with Crippen molar-refractivity contribution in [1.29, 1.82) is 0 Å².